The summed E-state index contributed by atoms with van der Waals surface area (Å²) in [6.07, 6.45) is 3.40. The van der Waals surface area contributed by atoms with Gasteiger partial charge in [-0.25, -0.2) is 4.79 Å². The molecule has 0 aromatic carbocycles. The van der Waals surface area contributed by atoms with Crippen LogP contribution < -0.4 is 0 Å². The monoisotopic (exact) mass is 367 g/mol. The highest BCUT2D eigenvalue weighted by molar-refractivity contribution is 7.98. The van der Waals surface area contributed by atoms with Gasteiger partial charge in [-0.3, -0.25) is 4.98 Å². The standard InChI is InChI=1S/C17H13N5O3S/c1-24-17(23)13-3-2-12(25-13)10-26-15-5-4-14-19-20-16(22(14)21-15)11-6-8-18-9-7-11/h2-9H,10H2,1H3. The van der Waals surface area contributed by atoms with Crippen molar-refractivity contribution in [3.63, 3.8) is 0 Å². The molecule has 4 rings (SSSR count). The Bertz CT molecular complexity index is 1060. The van der Waals surface area contributed by atoms with E-state index in [1.165, 1.54) is 18.9 Å². The maximum Gasteiger partial charge on any atom is 0.373 e. The van der Waals surface area contributed by atoms with E-state index in [0.29, 0.717) is 23.0 Å². The number of furan rings is 1. The molecule has 0 N–H and O–H groups in total. The largest absolute Gasteiger partial charge is 0.463 e. The summed E-state index contributed by atoms with van der Waals surface area (Å²) in [6, 6.07) is 10.8. The van der Waals surface area contributed by atoms with Crippen LogP contribution in [0.2, 0.25) is 0 Å². The van der Waals surface area contributed by atoms with Gasteiger partial charge >= 0.3 is 5.97 Å². The van der Waals surface area contributed by atoms with E-state index >= 15 is 0 Å². The lowest BCUT2D eigenvalue weighted by molar-refractivity contribution is 0.0563. The number of methoxy groups -OCH3 is 1. The molecule has 4 aromatic heterocycles. The molecule has 0 aliphatic carbocycles. The van der Waals surface area contributed by atoms with Crippen LogP contribution in [0.15, 0.2) is 58.2 Å². The molecule has 0 atom stereocenters. The number of pyridine rings is 1. The minimum absolute atomic E-state index is 0.185. The van der Waals surface area contributed by atoms with Crippen LogP contribution in [0.3, 0.4) is 0 Å². The Morgan fingerprint density at radius 3 is 2.81 bits per heavy atom. The second kappa shape index (κ2) is 6.96. The van der Waals surface area contributed by atoms with Crippen LogP contribution in [0.25, 0.3) is 17.0 Å². The number of hydrogen-bond acceptors (Lipinski definition) is 8. The molecule has 9 heteroatoms. The number of hydrogen-bond donors (Lipinski definition) is 0. The predicted octanol–water partition coefficient (Wildman–Crippen LogP) is 2.86. The van der Waals surface area contributed by atoms with E-state index in [1.54, 1.807) is 29.0 Å². The number of fused-ring (bicyclic) bond motifs is 1. The molecule has 26 heavy (non-hydrogen) atoms. The summed E-state index contributed by atoms with van der Waals surface area (Å²) in [6.45, 7) is 0. The number of ether oxygens (including phenoxy) is 1. The van der Waals surface area contributed by atoms with Crippen LogP contribution >= 0.6 is 11.8 Å². The first-order chi connectivity index (χ1) is 12.7. The summed E-state index contributed by atoms with van der Waals surface area (Å²) >= 11 is 1.48. The van der Waals surface area contributed by atoms with Gasteiger partial charge < -0.3 is 9.15 Å². The molecule has 0 saturated carbocycles. The van der Waals surface area contributed by atoms with Gasteiger partial charge in [0, 0.05) is 18.0 Å². The maximum absolute atomic E-state index is 11.4. The van der Waals surface area contributed by atoms with E-state index in [1.807, 2.05) is 24.3 Å². The minimum Gasteiger partial charge on any atom is -0.463 e. The highest BCUT2D eigenvalue weighted by Gasteiger charge is 2.13. The molecule has 0 fully saturated rings. The van der Waals surface area contributed by atoms with Crippen LogP contribution in [0.1, 0.15) is 16.3 Å². The molecule has 130 valence electrons. The van der Waals surface area contributed by atoms with Crippen molar-refractivity contribution in [1.82, 2.24) is 24.8 Å². The molecule has 0 amide bonds. The lowest BCUT2D eigenvalue weighted by Crippen LogP contribution is -1.98. The zero-order valence-electron chi connectivity index (χ0n) is 13.7. The first-order valence-corrected chi connectivity index (χ1v) is 8.66. The Balaban J connectivity index is 1.56. The van der Waals surface area contributed by atoms with E-state index in [4.69, 9.17) is 4.42 Å². The van der Waals surface area contributed by atoms with Gasteiger partial charge in [0.05, 0.1) is 12.9 Å². The molecule has 0 radical (unpaired) electrons. The molecule has 0 unspecified atom stereocenters. The summed E-state index contributed by atoms with van der Waals surface area (Å²) in [5, 5.41) is 13.7. The van der Waals surface area contributed by atoms with Crippen molar-refractivity contribution in [3.8, 4) is 11.4 Å². The van der Waals surface area contributed by atoms with Crippen LogP contribution in [0.5, 0.6) is 0 Å². The fourth-order valence-corrected chi connectivity index (χ4v) is 3.09. The van der Waals surface area contributed by atoms with Crippen LogP contribution in [0.4, 0.5) is 0 Å². The maximum atomic E-state index is 11.4. The van der Waals surface area contributed by atoms with Gasteiger partial charge in [0.1, 0.15) is 10.8 Å². The van der Waals surface area contributed by atoms with E-state index in [9.17, 15) is 4.79 Å². The zero-order valence-corrected chi connectivity index (χ0v) is 14.5. The Morgan fingerprint density at radius 2 is 2.00 bits per heavy atom. The second-order valence-corrected chi connectivity index (χ2v) is 6.24. The van der Waals surface area contributed by atoms with Gasteiger partial charge in [-0.15, -0.1) is 10.2 Å². The number of thioether (sulfide) groups is 1. The lowest BCUT2D eigenvalue weighted by atomic mass is 10.2. The Labute approximate surface area is 152 Å². The summed E-state index contributed by atoms with van der Waals surface area (Å²) in [5.41, 5.74) is 1.54. The third-order valence-corrected chi connectivity index (χ3v) is 4.53. The number of carbonyl (C=O) groups is 1. The van der Waals surface area contributed by atoms with E-state index in [-0.39, 0.29) is 5.76 Å². The Hall–Kier alpha value is -3.20. The SMILES string of the molecule is COC(=O)c1ccc(CSc2ccc3nnc(-c4ccncc4)n3n2)o1. The number of esters is 1. The molecule has 4 aromatic rings. The summed E-state index contributed by atoms with van der Waals surface area (Å²) in [7, 11) is 1.32. The van der Waals surface area contributed by atoms with Crippen LogP contribution in [-0.4, -0.2) is 37.9 Å². The molecular formula is C17H13N5O3S. The third kappa shape index (κ3) is 3.16. The van der Waals surface area contributed by atoms with Gasteiger partial charge in [0.15, 0.2) is 11.5 Å². The smallest absolute Gasteiger partial charge is 0.373 e. The Kier molecular flexibility index (Phi) is 4.36. The van der Waals surface area contributed by atoms with E-state index in [2.05, 4.69) is 25.0 Å². The van der Waals surface area contributed by atoms with Crippen molar-refractivity contribution in [2.75, 3.05) is 7.11 Å². The van der Waals surface area contributed by atoms with Crippen molar-refractivity contribution < 1.29 is 13.9 Å². The number of nitrogens with zero attached hydrogens (tertiary/aromatic N) is 5. The van der Waals surface area contributed by atoms with Crippen molar-refractivity contribution in [3.05, 3.63) is 60.3 Å². The van der Waals surface area contributed by atoms with Gasteiger partial charge in [0.25, 0.3) is 0 Å². The predicted molar refractivity (Wildman–Crippen MR) is 93.6 cm³/mol. The topological polar surface area (TPSA) is 95.4 Å². The highest BCUT2D eigenvalue weighted by Crippen LogP contribution is 2.24. The molecule has 0 aliphatic rings. The molecule has 4 heterocycles. The van der Waals surface area contributed by atoms with E-state index < -0.39 is 5.97 Å². The fourth-order valence-electron chi connectivity index (χ4n) is 2.34. The molecule has 0 bridgehead atoms. The average Bonchev–Trinajstić information content (AvgIpc) is 3.33. The van der Waals surface area contributed by atoms with Gasteiger partial charge in [0.2, 0.25) is 5.76 Å². The van der Waals surface area contributed by atoms with Crippen molar-refractivity contribution in [1.29, 1.82) is 0 Å². The average molecular weight is 367 g/mol. The molecular weight excluding hydrogens is 354 g/mol. The van der Waals surface area contributed by atoms with E-state index in [0.717, 1.165) is 10.6 Å². The quantitative estimate of drug-likeness (QED) is 0.392. The molecule has 0 saturated heterocycles. The molecule has 8 nitrogen and oxygen atoms in total. The summed E-state index contributed by atoms with van der Waals surface area (Å²) < 4.78 is 11.8. The van der Waals surface area contributed by atoms with Gasteiger partial charge in [-0.1, -0.05) is 11.8 Å². The number of rotatable bonds is 5. The zero-order chi connectivity index (χ0) is 17.9. The Morgan fingerprint density at radius 1 is 1.15 bits per heavy atom. The van der Waals surface area contributed by atoms with Crippen molar-refractivity contribution in [2.24, 2.45) is 0 Å². The second-order valence-electron chi connectivity index (χ2n) is 5.25. The summed E-state index contributed by atoms with van der Waals surface area (Å²) in [5.74, 6) is 1.53. The number of aromatic nitrogens is 5. The third-order valence-electron chi connectivity index (χ3n) is 3.59. The molecule has 0 aliphatic heterocycles. The minimum atomic E-state index is -0.493. The molecule has 0 spiro atoms. The van der Waals surface area contributed by atoms with Crippen LogP contribution in [-0.2, 0) is 10.5 Å². The fraction of sp³-hybridized carbons (Fsp3) is 0.118. The summed E-state index contributed by atoms with van der Waals surface area (Å²) in [4.78, 5) is 15.4. The van der Waals surface area contributed by atoms with Gasteiger partial charge in [-0.05, 0) is 36.4 Å². The first-order valence-electron chi connectivity index (χ1n) is 7.67. The van der Waals surface area contributed by atoms with Crippen LogP contribution in [0, 0.1) is 0 Å². The lowest BCUT2D eigenvalue weighted by Gasteiger charge is -2.02. The first kappa shape index (κ1) is 16.3. The normalized spacial score (nSPS) is 11.0. The highest BCUT2D eigenvalue weighted by atomic mass is 32.2. The number of carbonyl (C=O) groups excluding carboxylic acids is 1. The van der Waals surface area contributed by atoms with Gasteiger partial charge in [-0.2, -0.15) is 9.61 Å². The van der Waals surface area contributed by atoms with Crippen molar-refractivity contribution in [2.45, 2.75) is 10.8 Å². The van der Waals surface area contributed by atoms with Crippen molar-refractivity contribution >= 4 is 23.4 Å².